The molecule has 7 heteroatoms. The average Bonchev–Trinajstić information content (AvgIpc) is 2.66. The lowest BCUT2D eigenvalue weighted by Gasteiger charge is -2.14. The Bertz CT molecular complexity index is 803. The summed E-state index contributed by atoms with van der Waals surface area (Å²) in [4.78, 5) is 35.6. The zero-order valence-electron chi connectivity index (χ0n) is 16.1. The van der Waals surface area contributed by atoms with Crippen LogP contribution in [0.4, 0.5) is 4.79 Å². The summed E-state index contributed by atoms with van der Waals surface area (Å²) in [5.41, 5.74) is 1.19. The predicted molar refractivity (Wildman–Crippen MR) is 104 cm³/mol. The summed E-state index contributed by atoms with van der Waals surface area (Å²) in [5.74, 6) is -0.589. The molecule has 3 amide bonds. The highest BCUT2D eigenvalue weighted by atomic mass is 16.5. The first-order chi connectivity index (χ1) is 13.3. The Morgan fingerprint density at radius 1 is 0.929 bits per heavy atom. The Labute approximate surface area is 164 Å². The maximum atomic E-state index is 12.2. The lowest BCUT2D eigenvalue weighted by Crippen LogP contribution is -2.46. The van der Waals surface area contributed by atoms with Crippen molar-refractivity contribution >= 4 is 17.9 Å². The molecular weight excluding hydrogens is 360 g/mol. The molecule has 0 radical (unpaired) electrons. The summed E-state index contributed by atoms with van der Waals surface area (Å²) < 4.78 is 10.8. The number of hydrogen-bond acceptors (Lipinski definition) is 5. The average molecular weight is 384 g/mol. The van der Waals surface area contributed by atoms with Crippen LogP contribution in [0.1, 0.15) is 36.7 Å². The van der Waals surface area contributed by atoms with Gasteiger partial charge < -0.3 is 14.8 Å². The summed E-state index contributed by atoms with van der Waals surface area (Å²) >= 11 is 0. The van der Waals surface area contributed by atoms with Gasteiger partial charge in [-0.05, 0) is 50.6 Å². The highest BCUT2D eigenvalue weighted by Gasteiger charge is 2.21. The van der Waals surface area contributed by atoms with Gasteiger partial charge in [0.05, 0.1) is 5.56 Å². The van der Waals surface area contributed by atoms with Gasteiger partial charge in [0.15, 0.2) is 6.10 Å². The number of hydrogen-bond donors (Lipinski definition) is 2. The quantitative estimate of drug-likeness (QED) is 0.716. The van der Waals surface area contributed by atoms with E-state index in [4.69, 9.17) is 9.47 Å². The first kappa shape index (κ1) is 21.0. The van der Waals surface area contributed by atoms with E-state index >= 15 is 0 Å². The molecule has 0 aliphatic rings. The van der Waals surface area contributed by atoms with Crippen molar-refractivity contribution in [1.29, 1.82) is 0 Å². The van der Waals surface area contributed by atoms with E-state index in [-0.39, 0.29) is 6.04 Å². The second kappa shape index (κ2) is 10.1. The van der Waals surface area contributed by atoms with Crippen LogP contribution in [0.3, 0.4) is 0 Å². The van der Waals surface area contributed by atoms with Gasteiger partial charge in [0.1, 0.15) is 12.4 Å². The molecule has 28 heavy (non-hydrogen) atoms. The Hall–Kier alpha value is -3.35. The lowest BCUT2D eigenvalue weighted by atomic mass is 10.1. The first-order valence-corrected chi connectivity index (χ1v) is 8.94. The zero-order chi connectivity index (χ0) is 20.5. The van der Waals surface area contributed by atoms with Crippen LogP contribution >= 0.6 is 0 Å². The number of imide groups is 1. The third-order valence-electron chi connectivity index (χ3n) is 3.65. The van der Waals surface area contributed by atoms with Gasteiger partial charge in [-0.25, -0.2) is 9.59 Å². The minimum absolute atomic E-state index is 0.116. The molecule has 0 spiro atoms. The van der Waals surface area contributed by atoms with Gasteiger partial charge >= 0.3 is 12.0 Å². The molecule has 1 atom stereocenters. The number of ether oxygens (including phenoxy) is 2. The van der Waals surface area contributed by atoms with E-state index in [1.807, 2.05) is 30.3 Å². The fraction of sp³-hybridized carbons (Fsp3) is 0.286. The van der Waals surface area contributed by atoms with Crippen molar-refractivity contribution in [3.63, 3.8) is 0 Å². The molecule has 0 bridgehead atoms. The summed E-state index contributed by atoms with van der Waals surface area (Å²) in [6, 6.07) is 15.4. The number of para-hydroxylation sites is 1. The van der Waals surface area contributed by atoms with Crippen LogP contribution in [0.25, 0.3) is 0 Å². The fourth-order valence-corrected chi connectivity index (χ4v) is 2.21. The second-order valence-corrected chi connectivity index (χ2v) is 6.46. The summed E-state index contributed by atoms with van der Waals surface area (Å²) in [7, 11) is 0. The van der Waals surface area contributed by atoms with Gasteiger partial charge in [-0.1, -0.05) is 30.3 Å². The van der Waals surface area contributed by atoms with Gasteiger partial charge in [-0.2, -0.15) is 0 Å². The molecule has 0 unspecified atom stereocenters. The molecule has 7 nitrogen and oxygen atoms in total. The number of rotatable bonds is 7. The highest BCUT2D eigenvalue weighted by Crippen LogP contribution is 2.13. The molecule has 0 aliphatic heterocycles. The van der Waals surface area contributed by atoms with Crippen LogP contribution in [-0.2, 0) is 16.1 Å². The largest absolute Gasteiger partial charge is 0.489 e. The first-order valence-electron chi connectivity index (χ1n) is 8.94. The number of carbonyl (C=O) groups excluding carboxylic acids is 3. The van der Waals surface area contributed by atoms with E-state index in [1.165, 1.54) is 6.92 Å². The number of nitrogens with one attached hydrogen (secondary N) is 2. The summed E-state index contributed by atoms with van der Waals surface area (Å²) in [6.07, 6.45) is -1.11. The Morgan fingerprint density at radius 2 is 1.57 bits per heavy atom. The van der Waals surface area contributed by atoms with E-state index in [0.29, 0.717) is 12.2 Å². The Balaban J connectivity index is 1.84. The van der Waals surface area contributed by atoms with E-state index in [2.05, 4.69) is 10.6 Å². The molecule has 0 fully saturated rings. The third-order valence-corrected chi connectivity index (χ3v) is 3.65. The normalized spacial score (nSPS) is 11.4. The van der Waals surface area contributed by atoms with Crippen molar-refractivity contribution in [2.75, 3.05) is 0 Å². The molecule has 0 heterocycles. The van der Waals surface area contributed by atoms with Crippen molar-refractivity contribution < 1.29 is 23.9 Å². The van der Waals surface area contributed by atoms with Crippen LogP contribution in [0.15, 0.2) is 54.6 Å². The fourth-order valence-electron chi connectivity index (χ4n) is 2.21. The van der Waals surface area contributed by atoms with Crippen molar-refractivity contribution in [3.05, 3.63) is 65.7 Å². The third kappa shape index (κ3) is 6.75. The van der Waals surface area contributed by atoms with E-state index < -0.39 is 24.0 Å². The van der Waals surface area contributed by atoms with E-state index in [0.717, 1.165) is 11.3 Å². The molecule has 2 N–H and O–H groups in total. The van der Waals surface area contributed by atoms with Gasteiger partial charge in [0.25, 0.3) is 5.91 Å². The molecule has 0 saturated carbocycles. The Morgan fingerprint density at radius 3 is 2.18 bits per heavy atom. The van der Waals surface area contributed by atoms with Gasteiger partial charge in [0, 0.05) is 6.04 Å². The SMILES string of the molecule is CC(C)NC(=O)NC(=O)[C@@H](C)OC(=O)c1ccc(COc2ccccc2)cc1. The zero-order valence-corrected chi connectivity index (χ0v) is 16.1. The van der Waals surface area contributed by atoms with Crippen LogP contribution in [-0.4, -0.2) is 30.1 Å². The van der Waals surface area contributed by atoms with Crippen LogP contribution in [0, 0.1) is 0 Å². The van der Waals surface area contributed by atoms with Gasteiger partial charge in [-0.15, -0.1) is 0 Å². The maximum Gasteiger partial charge on any atom is 0.338 e. The van der Waals surface area contributed by atoms with Crippen molar-refractivity contribution in [1.82, 2.24) is 10.6 Å². The Kier molecular flexibility index (Phi) is 7.56. The van der Waals surface area contributed by atoms with E-state index in [1.54, 1.807) is 38.1 Å². The minimum Gasteiger partial charge on any atom is -0.489 e. The van der Waals surface area contributed by atoms with Gasteiger partial charge in [-0.3, -0.25) is 10.1 Å². The van der Waals surface area contributed by atoms with Crippen LogP contribution in [0.5, 0.6) is 5.75 Å². The molecule has 2 aromatic carbocycles. The number of benzene rings is 2. The predicted octanol–water partition coefficient (Wildman–Crippen LogP) is 3.05. The highest BCUT2D eigenvalue weighted by molar-refractivity contribution is 5.98. The molecule has 148 valence electrons. The lowest BCUT2D eigenvalue weighted by molar-refractivity contribution is -0.127. The van der Waals surface area contributed by atoms with Crippen LogP contribution in [0.2, 0.25) is 0 Å². The number of urea groups is 1. The van der Waals surface area contributed by atoms with Crippen molar-refractivity contribution in [2.24, 2.45) is 0 Å². The number of amides is 3. The minimum atomic E-state index is -1.11. The van der Waals surface area contributed by atoms with Crippen molar-refractivity contribution in [2.45, 2.75) is 39.5 Å². The van der Waals surface area contributed by atoms with Crippen molar-refractivity contribution in [3.8, 4) is 5.75 Å². The van der Waals surface area contributed by atoms with E-state index in [9.17, 15) is 14.4 Å². The second-order valence-electron chi connectivity index (χ2n) is 6.46. The topological polar surface area (TPSA) is 93.7 Å². The number of carbonyl (C=O) groups is 3. The monoisotopic (exact) mass is 384 g/mol. The molecule has 0 aromatic heterocycles. The van der Waals surface area contributed by atoms with Gasteiger partial charge in [0.2, 0.25) is 0 Å². The molecule has 2 rings (SSSR count). The van der Waals surface area contributed by atoms with Crippen LogP contribution < -0.4 is 15.4 Å². The molecular formula is C21H24N2O5. The molecule has 0 aliphatic carbocycles. The molecule has 2 aromatic rings. The number of esters is 1. The molecule has 0 saturated heterocycles. The maximum absolute atomic E-state index is 12.2. The smallest absolute Gasteiger partial charge is 0.338 e. The standard InChI is InChI=1S/C21H24N2O5/c1-14(2)22-21(26)23-19(24)15(3)28-20(25)17-11-9-16(10-12-17)13-27-18-7-5-4-6-8-18/h4-12,14-15H,13H2,1-3H3,(H2,22,23,24,26)/t15-/m1/s1. The summed E-state index contributed by atoms with van der Waals surface area (Å²) in [6.45, 7) is 5.30. The summed E-state index contributed by atoms with van der Waals surface area (Å²) in [5, 5.41) is 4.65.